The van der Waals surface area contributed by atoms with Gasteiger partial charge in [-0.2, -0.15) is 0 Å². The molecule has 0 aliphatic carbocycles. The van der Waals surface area contributed by atoms with Gasteiger partial charge in [0.2, 0.25) is 0 Å². The molecule has 2 rings (SSSR count). The first-order chi connectivity index (χ1) is 8.50. The number of nitrogens with one attached hydrogen (secondary N) is 1. The molecule has 1 aliphatic heterocycles. The van der Waals surface area contributed by atoms with Crippen molar-refractivity contribution in [3.05, 3.63) is 37.4 Å². The topological polar surface area (TPSA) is 92.6 Å². The predicted octanol–water partition coefficient (Wildman–Crippen LogP) is 1.36. The number of benzene rings is 1. The van der Waals surface area contributed by atoms with Crippen LogP contribution in [0.1, 0.15) is 10.4 Å². The molecule has 1 heterocycles. The Morgan fingerprint density at radius 1 is 1.50 bits per heavy atom. The first-order valence-electron chi connectivity index (χ1n) is 5.04. The molecule has 1 aliphatic rings. The standard InChI is InChI=1S/C10H8IN3O4/c11-7-2-1-6(5-8(7)14(17)18)9(15)13-4-3-12-10(13)16/h1-2,5H,3-4H2,(H,12,16). The van der Waals surface area contributed by atoms with Crippen molar-refractivity contribution < 1.29 is 14.5 Å². The van der Waals surface area contributed by atoms with Gasteiger partial charge in [0.15, 0.2) is 0 Å². The number of nitro groups is 1. The van der Waals surface area contributed by atoms with Gasteiger partial charge in [-0.15, -0.1) is 0 Å². The highest BCUT2D eigenvalue weighted by Crippen LogP contribution is 2.23. The van der Waals surface area contributed by atoms with Gasteiger partial charge >= 0.3 is 6.03 Å². The summed E-state index contributed by atoms with van der Waals surface area (Å²) >= 11 is 1.82. The number of rotatable bonds is 2. The van der Waals surface area contributed by atoms with E-state index < -0.39 is 16.9 Å². The van der Waals surface area contributed by atoms with E-state index in [4.69, 9.17) is 0 Å². The molecule has 0 atom stereocenters. The van der Waals surface area contributed by atoms with Gasteiger partial charge in [-0.05, 0) is 34.7 Å². The zero-order valence-electron chi connectivity index (χ0n) is 9.05. The Kier molecular flexibility index (Phi) is 3.45. The Hall–Kier alpha value is -1.71. The van der Waals surface area contributed by atoms with Gasteiger partial charge in [0.05, 0.1) is 8.49 Å². The fraction of sp³-hybridized carbons (Fsp3) is 0.200. The van der Waals surface area contributed by atoms with Crippen LogP contribution in [0.25, 0.3) is 0 Å². The highest BCUT2D eigenvalue weighted by molar-refractivity contribution is 14.1. The number of hydrogen-bond acceptors (Lipinski definition) is 4. The lowest BCUT2D eigenvalue weighted by Gasteiger charge is -2.11. The third-order valence-electron chi connectivity index (χ3n) is 2.49. The Morgan fingerprint density at radius 3 is 2.78 bits per heavy atom. The second-order valence-corrected chi connectivity index (χ2v) is 4.77. The molecule has 8 heteroatoms. The lowest BCUT2D eigenvalue weighted by molar-refractivity contribution is -0.385. The fourth-order valence-corrected chi connectivity index (χ4v) is 2.14. The summed E-state index contributed by atoms with van der Waals surface area (Å²) in [4.78, 5) is 34.6. The molecule has 0 spiro atoms. The SMILES string of the molecule is O=C1NCCN1C(=O)c1ccc(I)c([N+](=O)[O-])c1. The molecule has 7 nitrogen and oxygen atoms in total. The van der Waals surface area contributed by atoms with E-state index in [0.717, 1.165) is 4.90 Å². The second kappa shape index (κ2) is 4.88. The minimum Gasteiger partial charge on any atom is -0.336 e. The molecule has 18 heavy (non-hydrogen) atoms. The van der Waals surface area contributed by atoms with E-state index >= 15 is 0 Å². The maximum absolute atomic E-state index is 12.0. The number of halogens is 1. The second-order valence-electron chi connectivity index (χ2n) is 3.61. The van der Waals surface area contributed by atoms with Crippen molar-refractivity contribution in [2.45, 2.75) is 0 Å². The van der Waals surface area contributed by atoms with Crippen LogP contribution in [0.3, 0.4) is 0 Å². The molecule has 0 radical (unpaired) electrons. The monoisotopic (exact) mass is 361 g/mol. The summed E-state index contributed by atoms with van der Waals surface area (Å²) in [6.07, 6.45) is 0. The normalized spacial score (nSPS) is 14.5. The first kappa shape index (κ1) is 12.7. The predicted molar refractivity (Wildman–Crippen MR) is 70.2 cm³/mol. The van der Waals surface area contributed by atoms with Gasteiger partial charge < -0.3 is 5.32 Å². The molecular formula is C10H8IN3O4. The molecule has 0 bridgehead atoms. The van der Waals surface area contributed by atoms with Crippen molar-refractivity contribution in [3.63, 3.8) is 0 Å². The van der Waals surface area contributed by atoms with Gasteiger partial charge in [0.25, 0.3) is 11.6 Å². The number of nitro benzene ring substituents is 1. The van der Waals surface area contributed by atoms with Crippen molar-refractivity contribution in [2.75, 3.05) is 13.1 Å². The fourth-order valence-electron chi connectivity index (χ4n) is 1.61. The number of carbonyl (C=O) groups is 2. The summed E-state index contributed by atoms with van der Waals surface area (Å²) in [5, 5.41) is 13.3. The van der Waals surface area contributed by atoms with E-state index in [1.807, 2.05) is 22.6 Å². The Morgan fingerprint density at radius 2 is 2.22 bits per heavy atom. The quantitative estimate of drug-likeness (QED) is 0.489. The molecule has 94 valence electrons. The number of nitrogens with zero attached hydrogens (tertiary/aromatic N) is 2. The van der Waals surface area contributed by atoms with Crippen LogP contribution in [-0.2, 0) is 0 Å². The summed E-state index contributed by atoms with van der Waals surface area (Å²) in [6, 6.07) is 3.68. The lowest BCUT2D eigenvalue weighted by atomic mass is 10.2. The average Bonchev–Trinajstić information content (AvgIpc) is 2.75. The van der Waals surface area contributed by atoms with Gasteiger partial charge in [0.1, 0.15) is 0 Å². The van der Waals surface area contributed by atoms with Gasteiger partial charge in [-0.3, -0.25) is 19.8 Å². The first-order valence-corrected chi connectivity index (χ1v) is 6.12. The molecular weight excluding hydrogens is 353 g/mol. The highest BCUT2D eigenvalue weighted by Gasteiger charge is 2.28. The molecule has 3 amide bonds. The summed E-state index contributed by atoms with van der Waals surface area (Å²) in [6.45, 7) is 0.675. The van der Waals surface area contributed by atoms with Crippen molar-refractivity contribution in [1.29, 1.82) is 0 Å². The van der Waals surface area contributed by atoms with E-state index in [1.54, 1.807) is 0 Å². The maximum atomic E-state index is 12.0. The highest BCUT2D eigenvalue weighted by atomic mass is 127. The molecule has 1 saturated heterocycles. The number of carbonyl (C=O) groups excluding carboxylic acids is 2. The molecule has 0 unspecified atom stereocenters. The van der Waals surface area contributed by atoms with Crippen LogP contribution in [0, 0.1) is 13.7 Å². The number of imide groups is 1. The van der Waals surface area contributed by atoms with Gasteiger partial charge in [0, 0.05) is 24.7 Å². The largest absolute Gasteiger partial charge is 0.336 e. The van der Waals surface area contributed by atoms with Crippen LogP contribution in [0.5, 0.6) is 0 Å². The maximum Gasteiger partial charge on any atom is 0.324 e. The zero-order valence-corrected chi connectivity index (χ0v) is 11.2. The Balaban J connectivity index is 2.34. The summed E-state index contributed by atoms with van der Waals surface area (Å²) in [7, 11) is 0. The van der Waals surface area contributed by atoms with Crippen molar-refractivity contribution in [2.24, 2.45) is 0 Å². The zero-order chi connectivity index (χ0) is 13.3. The molecule has 0 aromatic heterocycles. The van der Waals surface area contributed by atoms with Gasteiger partial charge in [-0.1, -0.05) is 0 Å². The molecule has 1 aromatic carbocycles. The Labute approximate surface area is 115 Å². The van der Waals surface area contributed by atoms with E-state index in [9.17, 15) is 19.7 Å². The van der Waals surface area contributed by atoms with Crippen LogP contribution in [0.4, 0.5) is 10.5 Å². The summed E-state index contributed by atoms with van der Waals surface area (Å²) in [5.74, 6) is -0.524. The summed E-state index contributed by atoms with van der Waals surface area (Å²) in [5.41, 5.74) is 0.000205. The smallest absolute Gasteiger partial charge is 0.324 e. The average molecular weight is 361 g/mol. The van der Waals surface area contributed by atoms with Gasteiger partial charge in [-0.25, -0.2) is 4.79 Å². The molecule has 0 saturated carbocycles. The molecule has 1 fully saturated rings. The third kappa shape index (κ3) is 2.28. The number of amides is 3. The number of urea groups is 1. The van der Waals surface area contributed by atoms with Crippen LogP contribution < -0.4 is 5.32 Å². The third-order valence-corrected chi connectivity index (χ3v) is 3.40. The van der Waals surface area contributed by atoms with Crippen molar-refractivity contribution >= 4 is 40.2 Å². The minimum absolute atomic E-state index is 0.138. The summed E-state index contributed by atoms with van der Waals surface area (Å²) < 4.78 is 0.444. The van der Waals surface area contributed by atoms with Crippen LogP contribution >= 0.6 is 22.6 Å². The van der Waals surface area contributed by atoms with E-state index in [-0.39, 0.29) is 17.8 Å². The molecule has 1 N–H and O–H groups in total. The van der Waals surface area contributed by atoms with Crippen LogP contribution in [0.2, 0.25) is 0 Å². The molecule has 1 aromatic rings. The minimum atomic E-state index is -0.553. The van der Waals surface area contributed by atoms with Crippen molar-refractivity contribution in [1.82, 2.24) is 10.2 Å². The van der Waals surface area contributed by atoms with Crippen molar-refractivity contribution in [3.8, 4) is 0 Å². The van der Waals surface area contributed by atoms with Crippen LogP contribution in [-0.4, -0.2) is 34.9 Å². The van der Waals surface area contributed by atoms with Crippen LogP contribution in [0.15, 0.2) is 18.2 Å². The van der Waals surface area contributed by atoms with E-state index in [1.165, 1.54) is 18.2 Å². The lowest BCUT2D eigenvalue weighted by Crippen LogP contribution is -2.34. The number of hydrogen-bond donors (Lipinski definition) is 1. The van der Waals surface area contributed by atoms with E-state index in [2.05, 4.69) is 5.32 Å². The Bertz CT molecular complexity index is 546. The van der Waals surface area contributed by atoms with E-state index in [0.29, 0.717) is 10.1 Å².